The second kappa shape index (κ2) is 13.2. The summed E-state index contributed by atoms with van der Waals surface area (Å²) in [6, 6.07) is 73.3. The fourth-order valence-corrected chi connectivity index (χ4v) is 8.24. The van der Waals surface area contributed by atoms with E-state index in [9.17, 15) is 0 Å². The molecule has 0 amide bonds. The molecule has 0 bridgehead atoms. The van der Waals surface area contributed by atoms with Crippen molar-refractivity contribution in [2.24, 2.45) is 0 Å². The van der Waals surface area contributed by atoms with E-state index in [1.165, 1.54) is 27.8 Å². The van der Waals surface area contributed by atoms with Crippen LogP contribution in [0.25, 0.3) is 111 Å². The van der Waals surface area contributed by atoms with Crippen LogP contribution in [-0.4, -0.2) is 0 Å². The fraction of sp³-hybridized carbons (Fsp3) is 0. The number of rotatable bonds is 6. The van der Waals surface area contributed by atoms with Crippen LogP contribution in [0.2, 0.25) is 0 Å². The molecule has 262 valence electrons. The van der Waals surface area contributed by atoms with Crippen LogP contribution in [-0.2, 0) is 0 Å². The second-order valence-electron chi connectivity index (χ2n) is 14.5. The molecule has 0 radical (unpaired) electrons. The first-order valence-electron chi connectivity index (χ1n) is 19.1. The largest absolute Gasteiger partial charge is 0.455 e. The van der Waals surface area contributed by atoms with Gasteiger partial charge in [-0.1, -0.05) is 164 Å². The van der Waals surface area contributed by atoms with Crippen molar-refractivity contribution in [3.05, 3.63) is 206 Å². The average molecular weight is 715 g/mol. The van der Waals surface area contributed by atoms with Gasteiger partial charge in [0, 0.05) is 21.5 Å². The van der Waals surface area contributed by atoms with Gasteiger partial charge in [0.1, 0.15) is 22.3 Å². The maximum atomic E-state index is 6.83. The van der Waals surface area contributed by atoms with Crippen molar-refractivity contribution in [3.63, 3.8) is 0 Å². The van der Waals surface area contributed by atoms with Crippen molar-refractivity contribution in [1.29, 1.82) is 0 Å². The molecule has 0 atom stereocenters. The molecule has 2 heterocycles. The Morgan fingerprint density at radius 2 is 0.536 bits per heavy atom. The van der Waals surface area contributed by atoms with Crippen molar-refractivity contribution in [1.82, 2.24) is 0 Å². The van der Waals surface area contributed by atoms with Gasteiger partial charge in [-0.25, -0.2) is 0 Å². The summed E-state index contributed by atoms with van der Waals surface area (Å²) in [5.74, 6) is 0. The quantitative estimate of drug-likeness (QED) is 0.171. The van der Waals surface area contributed by atoms with Crippen LogP contribution >= 0.6 is 0 Å². The lowest BCUT2D eigenvalue weighted by Gasteiger charge is -2.07. The average Bonchev–Trinajstić information content (AvgIpc) is 3.84. The Hall–Kier alpha value is -7.42. The van der Waals surface area contributed by atoms with Gasteiger partial charge in [0.05, 0.1) is 5.56 Å². The highest BCUT2D eigenvalue weighted by molar-refractivity contribution is 6.22. The molecule has 56 heavy (non-hydrogen) atoms. The van der Waals surface area contributed by atoms with Crippen LogP contribution in [0.4, 0.5) is 0 Å². The number of fused-ring (bicyclic) bond motifs is 6. The normalized spacial score (nSPS) is 11.6. The van der Waals surface area contributed by atoms with E-state index in [0.717, 1.165) is 82.8 Å². The summed E-state index contributed by atoms with van der Waals surface area (Å²) < 4.78 is 13.7. The van der Waals surface area contributed by atoms with Crippen LogP contribution in [0, 0.1) is 0 Å². The maximum Gasteiger partial charge on any atom is 0.147 e. The van der Waals surface area contributed by atoms with Crippen molar-refractivity contribution < 1.29 is 8.83 Å². The van der Waals surface area contributed by atoms with E-state index in [4.69, 9.17) is 8.83 Å². The monoisotopic (exact) mass is 714 g/mol. The minimum absolute atomic E-state index is 0.824. The van der Waals surface area contributed by atoms with E-state index >= 15 is 0 Å². The van der Waals surface area contributed by atoms with Gasteiger partial charge in [-0.05, 0) is 104 Å². The van der Waals surface area contributed by atoms with Gasteiger partial charge in [-0.2, -0.15) is 0 Å². The molecule has 2 nitrogen and oxygen atoms in total. The molecule has 0 aliphatic heterocycles. The van der Waals surface area contributed by atoms with Gasteiger partial charge in [-0.15, -0.1) is 0 Å². The molecule has 0 aliphatic rings. The molecule has 0 spiro atoms. The summed E-state index contributed by atoms with van der Waals surface area (Å²) in [4.78, 5) is 0. The summed E-state index contributed by atoms with van der Waals surface area (Å²) in [7, 11) is 0. The summed E-state index contributed by atoms with van der Waals surface area (Å²) in [6.45, 7) is 0. The first-order chi connectivity index (χ1) is 27.7. The topological polar surface area (TPSA) is 26.3 Å². The highest BCUT2D eigenvalue weighted by atomic mass is 16.3. The van der Waals surface area contributed by atoms with Gasteiger partial charge in [0.2, 0.25) is 0 Å². The lowest BCUT2D eigenvalue weighted by atomic mass is 9.94. The fourth-order valence-electron chi connectivity index (χ4n) is 8.24. The Morgan fingerprint density at radius 3 is 0.982 bits per heavy atom. The molecule has 2 heteroatoms. The summed E-state index contributed by atoms with van der Waals surface area (Å²) >= 11 is 0. The van der Waals surface area contributed by atoms with Crippen molar-refractivity contribution in [2.45, 2.75) is 0 Å². The molecule has 0 saturated carbocycles. The SMILES string of the molecule is c1ccc(-c2ccc(-c3c4oc5ccc(-c6cccc(-c7ccccc7)c6)cc5c4cc4c3oc3ccc(-c5cccc(-c6ccccc6)c5)cc34)cc2)cc1. The van der Waals surface area contributed by atoms with E-state index in [-0.39, 0.29) is 0 Å². The number of hydrogen-bond donors (Lipinski definition) is 0. The van der Waals surface area contributed by atoms with Crippen LogP contribution in [0.15, 0.2) is 215 Å². The zero-order valence-corrected chi connectivity index (χ0v) is 30.4. The molecule has 0 N–H and O–H groups in total. The Balaban J connectivity index is 1.12. The standard InChI is InChI=1S/C54H34O2/c1-4-12-35(13-5-1)38-22-24-39(25-23-38)52-53-48(46-32-44(26-28-50(46)55-53)42-20-10-18-40(30-42)36-14-6-2-7-15-36)34-49-47-33-45(27-29-51(47)56-54(49)52)43-21-11-19-41(31-43)37-16-8-3-9-17-37/h1-34H. The maximum absolute atomic E-state index is 6.83. The van der Waals surface area contributed by atoms with Crippen molar-refractivity contribution >= 4 is 43.9 Å². The van der Waals surface area contributed by atoms with Crippen LogP contribution in [0.1, 0.15) is 0 Å². The Kier molecular flexibility index (Phi) is 7.53. The highest BCUT2D eigenvalue weighted by Crippen LogP contribution is 2.46. The van der Waals surface area contributed by atoms with Gasteiger partial charge < -0.3 is 8.83 Å². The predicted molar refractivity (Wildman–Crippen MR) is 234 cm³/mol. The first kappa shape index (κ1) is 32.0. The Bertz CT molecular complexity index is 3030. The third kappa shape index (κ3) is 5.51. The number of hydrogen-bond acceptors (Lipinski definition) is 2. The lowest BCUT2D eigenvalue weighted by molar-refractivity contribution is 0.658. The summed E-state index contributed by atoms with van der Waals surface area (Å²) in [5.41, 5.74) is 17.1. The van der Waals surface area contributed by atoms with Crippen LogP contribution in [0.5, 0.6) is 0 Å². The molecule has 9 aromatic carbocycles. The molecule has 2 aromatic heterocycles. The zero-order valence-electron chi connectivity index (χ0n) is 30.4. The van der Waals surface area contributed by atoms with Gasteiger partial charge >= 0.3 is 0 Å². The second-order valence-corrected chi connectivity index (χ2v) is 14.5. The van der Waals surface area contributed by atoms with Gasteiger partial charge in [0.25, 0.3) is 0 Å². The summed E-state index contributed by atoms with van der Waals surface area (Å²) in [6.07, 6.45) is 0. The van der Waals surface area contributed by atoms with E-state index in [1.807, 2.05) is 0 Å². The predicted octanol–water partition coefficient (Wildman–Crippen LogP) is 15.5. The Morgan fingerprint density at radius 1 is 0.214 bits per heavy atom. The van der Waals surface area contributed by atoms with Crippen LogP contribution in [0.3, 0.4) is 0 Å². The highest BCUT2D eigenvalue weighted by Gasteiger charge is 2.22. The van der Waals surface area contributed by atoms with Gasteiger partial charge in [-0.3, -0.25) is 0 Å². The van der Waals surface area contributed by atoms with Gasteiger partial charge in [0.15, 0.2) is 0 Å². The molecule has 0 unspecified atom stereocenters. The minimum Gasteiger partial charge on any atom is -0.455 e. The first-order valence-corrected chi connectivity index (χ1v) is 19.1. The van der Waals surface area contributed by atoms with Crippen molar-refractivity contribution in [2.75, 3.05) is 0 Å². The zero-order chi connectivity index (χ0) is 37.0. The van der Waals surface area contributed by atoms with Crippen LogP contribution < -0.4 is 0 Å². The van der Waals surface area contributed by atoms with E-state index < -0.39 is 0 Å². The van der Waals surface area contributed by atoms with E-state index in [0.29, 0.717) is 0 Å². The third-order valence-corrected chi connectivity index (χ3v) is 11.1. The smallest absolute Gasteiger partial charge is 0.147 e. The number of benzene rings is 9. The molecule has 0 fully saturated rings. The molecule has 11 aromatic rings. The summed E-state index contributed by atoms with van der Waals surface area (Å²) in [5, 5.41) is 4.28. The minimum atomic E-state index is 0.824. The lowest BCUT2D eigenvalue weighted by Crippen LogP contribution is -1.83. The van der Waals surface area contributed by atoms with E-state index in [1.54, 1.807) is 0 Å². The molecule has 11 rings (SSSR count). The van der Waals surface area contributed by atoms with Crippen molar-refractivity contribution in [3.8, 4) is 66.8 Å². The molecule has 0 aliphatic carbocycles. The van der Waals surface area contributed by atoms with E-state index in [2.05, 4.69) is 206 Å². The number of furan rings is 2. The molecular weight excluding hydrogens is 681 g/mol. The molecule has 0 saturated heterocycles. The molecular formula is C54H34O2. The third-order valence-electron chi connectivity index (χ3n) is 11.1. The Labute approximate surface area is 324 Å².